The Hall–Kier alpha value is -1.64. The first-order valence-electron chi connectivity index (χ1n) is 8.84. The summed E-state index contributed by atoms with van der Waals surface area (Å²) in [4.78, 5) is 2.54. The molecule has 0 amide bonds. The first-order chi connectivity index (χ1) is 11.4. The quantitative estimate of drug-likeness (QED) is 0.737. The van der Waals surface area contributed by atoms with Crippen LogP contribution in [0, 0.1) is 0 Å². The molecule has 0 radical (unpaired) electrons. The van der Waals surface area contributed by atoms with Gasteiger partial charge in [-0.25, -0.2) is 0 Å². The van der Waals surface area contributed by atoms with Crippen LogP contribution in [-0.4, -0.2) is 30.6 Å². The SMILES string of the molecule is CCCCN1CC[C@H](OC(c2ccccc2)c2ccccc2)C1. The van der Waals surface area contributed by atoms with Gasteiger partial charge in [0.05, 0.1) is 6.10 Å². The highest BCUT2D eigenvalue weighted by Crippen LogP contribution is 2.29. The van der Waals surface area contributed by atoms with E-state index >= 15 is 0 Å². The molecule has 0 unspecified atom stereocenters. The van der Waals surface area contributed by atoms with E-state index in [0.29, 0.717) is 6.10 Å². The molecule has 122 valence electrons. The molecule has 3 rings (SSSR count). The zero-order valence-corrected chi connectivity index (χ0v) is 14.0. The second-order valence-electron chi connectivity index (χ2n) is 6.40. The third-order valence-electron chi connectivity index (χ3n) is 4.59. The molecule has 2 heteroatoms. The fourth-order valence-corrected chi connectivity index (χ4v) is 3.29. The maximum atomic E-state index is 6.55. The molecule has 0 saturated carbocycles. The first-order valence-corrected chi connectivity index (χ1v) is 8.84. The first kappa shape index (κ1) is 16.2. The predicted octanol–water partition coefficient (Wildman–Crippen LogP) is 4.67. The molecule has 1 fully saturated rings. The number of likely N-dealkylation sites (tertiary alicyclic amines) is 1. The molecule has 1 atom stereocenters. The van der Waals surface area contributed by atoms with Crippen LogP contribution in [0.1, 0.15) is 43.4 Å². The van der Waals surface area contributed by atoms with Gasteiger partial charge < -0.3 is 9.64 Å². The Morgan fingerprint density at radius 1 is 1.00 bits per heavy atom. The van der Waals surface area contributed by atoms with Gasteiger partial charge in [0.1, 0.15) is 6.10 Å². The summed E-state index contributed by atoms with van der Waals surface area (Å²) in [6, 6.07) is 21.2. The third-order valence-corrected chi connectivity index (χ3v) is 4.59. The lowest BCUT2D eigenvalue weighted by molar-refractivity contribution is 0.0142. The minimum Gasteiger partial charge on any atom is -0.364 e. The van der Waals surface area contributed by atoms with E-state index in [1.807, 2.05) is 0 Å². The molecule has 1 aliphatic heterocycles. The molecule has 0 bridgehead atoms. The number of hydrogen-bond acceptors (Lipinski definition) is 2. The van der Waals surface area contributed by atoms with Crippen LogP contribution < -0.4 is 0 Å². The summed E-state index contributed by atoms with van der Waals surface area (Å²) in [5, 5.41) is 0. The lowest BCUT2D eigenvalue weighted by atomic mass is 10.0. The molecule has 0 N–H and O–H groups in total. The minimum atomic E-state index is 0.0357. The van der Waals surface area contributed by atoms with Crippen LogP contribution in [0.2, 0.25) is 0 Å². The van der Waals surface area contributed by atoms with Crippen molar-refractivity contribution in [2.75, 3.05) is 19.6 Å². The monoisotopic (exact) mass is 309 g/mol. The lowest BCUT2D eigenvalue weighted by Crippen LogP contribution is -2.25. The van der Waals surface area contributed by atoms with Gasteiger partial charge in [-0.1, -0.05) is 74.0 Å². The summed E-state index contributed by atoms with van der Waals surface area (Å²) in [6.07, 6.45) is 4.05. The van der Waals surface area contributed by atoms with Crippen LogP contribution in [0.25, 0.3) is 0 Å². The number of ether oxygens (including phenoxy) is 1. The molecule has 2 aromatic carbocycles. The van der Waals surface area contributed by atoms with Gasteiger partial charge >= 0.3 is 0 Å². The Labute approximate surface area is 140 Å². The van der Waals surface area contributed by atoms with Crippen LogP contribution in [0.5, 0.6) is 0 Å². The Balaban J connectivity index is 1.70. The number of benzene rings is 2. The van der Waals surface area contributed by atoms with Crippen molar-refractivity contribution in [2.24, 2.45) is 0 Å². The van der Waals surface area contributed by atoms with E-state index in [1.54, 1.807) is 0 Å². The third kappa shape index (κ3) is 4.43. The van der Waals surface area contributed by atoms with Crippen molar-refractivity contribution >= 4 is 0 Å². The number of unbranched alkanes of at least 4 members (excludes halogenated alkanes) is 1. The van der Waals surface area contributed by atoms with Crippen LogP contribution in [0.15, 0.2) is 60.7 Å². The largest absolute Gasteiger partial charge is 0.364 e. The van der Waals surface area contributed by atoms with Gasteiger partial charge in [0, 0.05) is 13.1 Å². The highest BCUT2D eigenvalue weighted by molar-refractivity contribution is 5.30. The summed E-state index contributed by atoms with van der Waals surface area (Å²) in [5.74, 6) is 0. The van der Waals surface area contributed by atoms with Crippen LogP contribution >= 0.6 is 0 Å². The lowest BCUT2D eigenvalue weighted by Gasteiger charge is -2.23. The smallest absolute Gasteiger partial charge is 0.108 e. The Morgan fingerprint density at radius 3 is 2.17 bits per heavy atom. The fourth-order valence-electron chi connectivity index (χ4n) is 3.29. The summed E-state index contributed by atoms with van der Waals surface area (Å²) in [6.45, 7) is 5.69. The summed E-state index contributed by atoms with van der Waals surface area (Å²) >= 11 is 0. The molecule has 2 nitrogen and oxygen atoms in total. The van der Waals surface area contributed by atoms with Crippen LogP contribution in [0.3, 0.4) is 0 Å². The minimum absolute atomic E-state index is 0.0357. The van der Waals surface area contributed by atoms with E-state index in [-0.39, 0.29) is 6.10 Å². The standard InChI is InChI=1S/C21H27NO/c1-2-3-15-22-16-14-20(17-22)23-21(18-10-6-4-7-11-18)19-12-8-5-9-13-19/h4-13,20-21H,2-3,14-17H2,1H3/t20-/m0/s1. The van der Waals surface area contributed by atoms with Crippen molar-refractivity contribution in [1.29, 1.82) is 0 Å². The van der Waals surface area contributed by atoms with Gasteiger partial charge in [0.2, 0.25) is 0 Å². The molecule has 0 spiro atoms. The van der Waals surface area contributed by atoms with E-state index in [2.05, 4.69) is 72.5 Å². The van der Waals surface area contributed by atoms with Gasteiger partial charge in [0.25, 0.3) is 0 Å². The zero-order valence-electron chi connectivity index (χ0n) is 14.0. The van der Waals surface area contributed by atoms with E-state index in [4.69, 9.17) is 4.74 Å². The normalized spacial score (nSPS) is 18.6. The number of rotatable bonds is 7. The van der Waals surface area contributed by atoms with E-state index < -0.39 is 0 Å². The maximum absolute atomic E-state index is 6.55. The summed E-state index contributed by atoms with van der Waals surface area (Å²) < 4.78 is 6.55. The van der Waals surface area contributed by atoms with Crippen LogP contribution in [0.4, 0.5) is 0 Å². The van der Waals surface area contributed by atoms with Crippen molar-refractivity contribution in [3.05, 3.63) is 71.8 Å². The van der Waals surface area contributed by atoms with Crippen LogP contribution in [-0.2, 0) is 4.74 Å². The molecule has 1 heterocycles. The Morgan fingerprint density at radius 2 is 1.61 bits per heavy atom. The summed E-state index contributed by atoms with van der Waals surface area (Å²) in [7, 11) is 0. The average Bonchev–Trinajstić information content (AvgIpc) is 3.07. The van der Waals surface area contributed by atoms with Crippen molar-refractivity contribution in [2.45, 2.75) is 38.4 Å². The van der Waals surface area contributed by atoms with Gasteiger partial charge in [-0.15, -0.1) is 0 Å². The van der Waals surface area contributed by atoms with Gasteiger partial charge in [0.15, 0.2) is 0 Å². The molecule has 23 heavy (non-hydrogen) atoms. The topological polar surface area (TPSA) is 12.5 Å². The van der Waals surface area contributed by atoms with Crippen molar-refractivity contribution in [1.82, 2.24) is 4.90 Å². The Bertz CT molecular complexity index is 529. The molecular formula is C21H27NO. The van der Waals surface area contributed by atoms with Gasteiger partial charge in [-0.05, 0) is 30.5 Å². The number of hydrogen-bond donors (Lipinski definition) is 0. The highest BCUT2D eigenvalue weighted by atomic mass is 16.5. The molecule has 0 aromatic heterocycles. The fraction of sp³-hybridized carbons (Fsp3) is 0.429. The van der Waals surface area contributed by atoms with E-state index in [0.717, 1.165) is 13.0 Å². The molecule has 0 aliphatic carbocycles. The van der Waals surface area contributed by atoms with E-state index in [9.17, 15) is 0 Å². The zero-order chi connectivity index (χ0) is 15.9. The number of nitrogens with zero attached hydrogens (tertiary/aromatic N) is 1. The predicted molar refractivity (Wildman–Crippen MR) is 95.6 cm³/mol. The maximum Gasteiger partial charge on any atom is 0.108 e. The molecule has 1 saturated heterocycles. The van der Waals surface area contributed by atoms with Crippen molar-refractivity contribution < 1.29 is 4.74 Å². The molecule has 1 aliphatic rings. The second-order valence-corrected chi connectivity index (χ2v) is 6.40. The second kappa shape index (κ2) is 8.28. The van der Waals surface area contributed by atoms with E-state index in [1.165, 1.54) is 37.1 Å². The van der Waals surface area contributed by atoms with Gasteiger partial charge in [-0.2, -0.15) is 0 Å². The summed E-state index contributed by atoms with van der Waals surface area (Å²) in [5.41, 5.74) is 2.48. The molecular weight excluding hydrogens is 282 g/mol. The highest BCUT2D eigenvalue weighted by Gasteiger charge is 2.26. The van der Waals surface area contributed by atoms with Gasteiger partial charge in [-0.3, -0.25) is 0 Å². The Kier molecular flexibility index (Phi) is 5.84. The molecule has 2 aromatic rings. The average molecular weight is 309 g/mol. The van der Waals surface area contributed by atoms with Crippen molar-refractivity contribution in [3.8, 4) is 0 Å². The van der Waals surface area contributed by atoms with Crippen molar-refractivity contribution in [3.63, 3.8) is 0 Å².